The Morgan fingerprint density at radius 3 is 2.31 bits per heavy atom. The molecule has 0 radical (unpaired) electrons. The number of carbonyl (C=O) groups excluding carboxylic acids is 2. The third kappa shape index (κ3) is 4.31. The summed E-state index contributed by atoms with van der Waals surface area (Å²) in [6.45, 7) is 5.83. The third-order valence-electron chi connectivity index (χ3n) is 5.12. The summed E-state index contributed by atoms with van der Waals surface area (Å²) in [6, 6.07) is 15.9. The summed E-state index contributed by atoms with van der Waals surface area (Å²) in [5.41, 5.74) is 4.08. The maximum absolute atomic E-state index is 12.7. The van der Waals surface area contributed by atoms with Gasteiger partial charge in [-0.05, 0) is 43.9 Å². The fourth-order valence-electron chi connectivity index (χ4n) is 3.37. The van der Waals surface area contributed by atoms with Crippen molar-refractivity contribution in [3.8, 4) is 0 Å². The van der Waals surface area contributed by atoms with Crippen molar-refractivity contribution in [3.05, 3.63) is 70.8 Å². The van der Waals surface area contributed by atoms with E-state index >= 15 is 0 Å². The number of hydrogen-bond acceptors (Lipinski definition) is 2. The van der Waals surface area contributed by atoms with Crippen molar-refractivity contribution in [3.63, 3.8) is 0 Å². The van der Waals surface area contributed by atoms with E-state index in [1.807, 2.05) is 55.1 Å². The Hall–Kier alpha value is -2.62. The molecule has 0 atom stereocenters. The molecule has 2 aromatic carbocycles. The van der Waals surface area contributed by atoms with Gasteiger partial charge in [-0.1, -0.05) is 48.0 Å². The molecular weight excluding hydrogens is 324 g/mol. The number of benzene rings is 2. The Morgan fingerprint density at radius 1 is 1.00 bits per heavy atom. The molecule has 0 saturated carbocycles. The maximum atomic E-state index is 12.7. The van der Waals surface area contributed by atoms with Gasteiger partial charge in [0.2, 0.25) is 5.91 Å². The molecule has 4 nitrogen and oxygen atoms in total. The van der Waals surface area contributed by atoms with Gasteiger partial charge in [-0.2, -0.15) is 0 Å². The minimum Gasteiger partial charge on any atom is -0.352 e. The lowest BCUT2D eigenvalue weighted by Gasteiger charge is -2.31. The molecule has 0 spiro atoms. The van der Waals surface area contributed by atoms with Crippen LogP contribution < -0.4 is 5.32 Å². The standard InChI is InChI=1S/C22H26N2O2/c1-16-7-9-18(10-8-16)15-23-21(25)19-11-13-24(14-12-19)22(26)20-6-4-3-5-17(20)2/h3-10,19H,11-15H2,1-2H3,(H,23,25). The van der Waals surface area contributed by atoms with Crippen LogP contribution in [0.1, 0.15) is 39.9 Å². The van der Waals surface area contributed by atoms with Crippen LogP contribution in [-0.4, -0.2) is 29.8 Å². The summed E-state index contributed by atoms with van der Waals surface area (Å²) in [5, 5.41) is 3.03. The predicted molar refractivity (Wildman–Crippen MR) is 103 cm³/mol. The summed E-state index contributed by atoms with van der Waals surface area (Å²) in [7, 11) is 0. The minimum absolute atomic E-state index is 0.0126. The molecule has 0 aromatic heterocycles. The van der Waals surface area contributed by atoms with Crippen molar-refractivity contribution >= 4 is 11.8 Å². The Balaban J connectivity index is 1.50. The Kier molecular flexibility index (Phi) is 5.71. The number of nitrogens with zero attached hydrogens (tertiary/aromatic N) is 1. The van der Waals surface area contributed by atoms with Crippen LogP contribution in [0, 0.1) is 19.8 Å². The van der Waals surface area contributed by atoms with Crippen molar-refractivity contribution in [2.75, 3.05) is 13.1 Å². The van der Waals surface area contributed by atoms with Crippen LogP contribution in [0.3, 0.4) is 0 Å². The second-order valence-electron chi connectivity index (χ2n) is 7.08. The summed E-state index contributed by atoms with van der Waals surface area (Å²) in [6.07, 6.45) is 1.44. The zero-order valence-corrected chi connectivity index (χ0v) is 15.5. The molecule has 1 saturated heterocycles. The van der Waals surface area contributed by atoms with E-state index in [-0.39, 0.29) is 17.7 Å². The fourth-order valence-corrected chi connectivity index (χ4v) is 3.37. The van der Waals surface area contributed by atoms with Crippen molar-refractivity contribution < 1.29 is 9.59 Å². The lowest BCUT2D eigenvalue weighted by atomic mass is 9.95. The highest BCUT2D eigenvalue weighted by Gasteiger charge is 2.28. The van der Waals surface area contributed by atoms with Crippen LogP contribution in [0.5, 0.6) is 0 Å². The van der Waals surface area contributed by atoms with Crippen molar-refractivity contribution in [2.24, 2.45) is 5.92 Å². The molecule has 136 valence electrons. The van der Waals surface area contributed by atoms with Crippen LogP contribution in [0.4, 0.5) is 0 Å². The minimum atomic E-state index is -0.0126. The molecule has 2 aromatic rings. The second kappa shape index (κ2) is 8.17. The molecule has 1 aliphatic heterocycles. The van der Waals surface area contributed by atoms with E-state index in [0.29, 0.717) is 19.6 Å². The van der Waals surface area contributed by atoms with Gasteiger partial charge < -0.3 is 10.2 Å². The Bertz CT molecular complexity index is 775. The summed E-state index contributed by atoms with van der Waals surface area (Å²) in [4.78, 5) is 27.0. The second-order valence-corrected chi connectivity index (χ2v) is 7.08. The van der Waals surface area contributed by atoms with Gasteiger partial charge in [0, 0.05) is 31.1 Å². The quantitative estimate of drug-likeness (QED) is 0.918. The number of rotatable bonds is 4. The summed E-state index contributed by atoms with van der Waals surface area (Å²) < 4.78 is 0. The number of likely N-dealkylation sites (tertiary alicyclic amines) is 1. The lowest BCUT2D eigenvalue weighted by Crippen LogP contribution is -2.43. The Morgan fingerprint density at radius 2 is 1.65 bits per heavy atom. The van der Waals surface area contributed by atoms with Crippen molar-refractivity contribution in [1.29, 1.82) is 0 Å². The van der Waals surface area contributed by atoms with E-state index in [4.69, 9.17) is 0 Å². The van der Waals surface area contributed by atoms with Crippen molar-refractivity contribution in [1.82, 2.24) is 10.2 Å². The summed E-state index contributed by atoms with van der Waals surface area (Å²) >= 11 is 0. The highest BCUT2D eigenvalue weighted by atomic mass is 16.2. The highest BCUT2D eigenvalue weighted by Crippen LogP contribution is 2.20. The molecule has 0 bridgehead atoms. The topological polar surface area (TPSA) is 49.4 Å². The number of piperidine rings is 1. The van der Waals surface area contributed by atoms with Gasteiger partial charge in [0.05, 0.1) is 0 Å². The van der Waals surface area contributed by atoms with Gasteiger partial charge in [-0.15, -0.1) is 0 Å². The smallest absolute Gasteiger partial charge is 0.254 e. The average molecular weight is 350 g/mol. The molecule has 0 unspecified atom stereocenters. The molecule has 0 aliphatic carbocycles. The van der Waals surface area contributed by atoms with Gasteiger partial charge in [0.1, 0.15) is 0 Å². The SMILES string of the molecule is Cc1ccc(CNC(=O)C2CCN(C(=O)c3ccccc3C)CC2)cc1. The van der Waals surface area contributed by atoms with Crippen LogP contribution in [0.25, 0.3) is 0 Å². The first-order chi connectivity index (χ1) is 12.5. The molecule has 2 amide bonds. The number of amides is 2. The van der Waals surface area contributed by atoms with Crippen LogP contribution in [0.2, 0.25) is 0 Å². The molecule has 1 aliphatic rings. The largest absolute Gasteiger partial charge is 0.352 e. The molecule has 1 fully saturated rings. The number of carbonyl (C=O) groups is 2. The number of nitrogens with one attached hydrogen (secondary N) is 1. The fraction of sp³-hybridized carbons (Fsp3) is 0.364. The zero-order valence-electron chi connectivity index (χ0n) is 15.5. The molecular formula is C22H26N2O2. The van der Waals surface area contributed by atoms with E-state index in [1.54, 1.807) is 0 Å². The first kappa shape index (κ1) is 18.2. The van der Waals surface area contributed by atoms with Gasteiger partial charge in [0.25, 0.3) is 5.91 Å². The maximum Gasteiger partial charge on any atom is 0.254 e. The number of hydrogen-bond donors (Lipinski definition) is 1. The van der Waals surface area contributed by atoms with E-state index in [0.717, 1.165) is 29.5 Å². The van der Waals surface area contributed by atoms with Crippen molar-refractivity contribution in [2.45, 2.75) is 33.2 Å². The Labute approximate surface area is 155 Å². The number of aryl methyl sites for hydroxylation is 2. The normalized spacial score (nSPS) is 14.9. The van der Waals surface area contributed by atoms with E-state index in [9.17, 15) is 9.59 Å². The predicted octanol–water partition coefficient (Wildman–Crippen LogP) is 3.47. The third-order valence-corrected chi connectivity index (χ3v) is 5.12. The molecule has 26 heavy (non-hydrogen) atoms. The summed E-state index contributed by atoms with van der Waals surface area (Å²) in [5.74, 6) is 0.150. The van der Waals surface area contributed by atoms with Gasteiger partial charge in [-0.3, -0.25) is 9.59 Å². The molecule has 1 N–H and O–H groups in total. The average Bonchev–Trinajstić information content (AvgIpc) is 2.67. The first-order valence-electron chi connectivity index (χ1n) is 9.23. The zero-order chi connectivity index (χ0) is 18.5. The molecule has 1 heterocycles. The van der Waals surface area contributed by atoms with Gasteiger partial charge >= 0.3 is 0 Å². The van der Waals surface area contributed by atoms with E-state index in [2.05, 4.69) is 17.4 Å². The van der Waals surface area contributed by atoms with Gasteiger partial charge in [-0.25, -0.2) is 0 Å². The highest BCUT2D eigenvalue weighted by molar-refractivity contribution is 5.95. The first-order valence-corrected chi connectivity index (χ1v) is 9.23. The van der Waals surface area contributed by atoms with Crippen LogP contribution >= 0.6 is 0 Å². The van der Waals surface area contributed by atoms with Gasteiger partial charge in [0.15, 0.2) is 0 Å². The van der Waals surface area contributed by atoms with Crippen LogP contribution in [0.15, 0.2) is 48.5 Å². The van der Waals surface area contributed by atoms with E-state index < -0.39 is 0 Å². The molecule has 4 heteroatoms. The molecule has 3 rings (SSSR count). The van der Waals surface area contributed by atoms with Crippen LogP contribution in [-0.2, 0) is 11.3 Å². The van der Waals surface area contributed by atoms with E-state index in [1.165, 1.54) is 5.56 Å². The monoisotopic (exact) mass is 350 g/mol. The lowest BCUT2D eigenvalue weighted by molar-refractivity contribution is -0.126.